The predicted molar refractivity (Wildman–Crippen MR) is 84.1 cm³/mol. The first-order chi connectivity index (χ1) is 9.04. The molecule has 1 aromatic carbocycles. The molecule has 0 saturated heterocycles. The summed E-state index contributed by atoms with van der Waals surface area (Å²) in [6.45, 7) is 10.1. The summed E-state index contributed by atoms with van der Waals surface area (Å²) in [7, 11) is 0. The highest BCUT2D eigenvalue weighted by Crippen LogP contribution is 2.38. The number of fused-ring (bicyclic) bond motifs is 1. The summed E-state index contributed by atoms with van der Waals surface area (Å²) in [5.74, 6) is 0.777. The second-order valence-electron chi connectivity index (χ2n) is 6.08. The third kappa shape index (κ3) is 3.14. The number of hydrogen-bond acceptors (Lipinski definition) is 1. The van der Waals surface area contributed by atoms with Crippen molar-refractivity contribution >= 4 is 11.6 Å². The lowest BCUT2D eigenvalue weighted by Crippen LogP contribution is -2.24. The molecule has 106 valence electrons. The highest BCUT2D eigenvalue weighted by molar-refractivity contribution is 6.31. The fraction of sp³-hybridized carbons (Fsp3) is 0.647. The van der Waals surface area contributed by atoms with Gasteiger partial charge in [-0.1, -0.05) is 25.4 Å². The van der Waals surface area contributed by atoms with E-state index in [0.29, 0.717) is 6.04 Å². The number of benzene rings is 1. The van der Waals surface area contributed by atoms with Crippen molar-refractivity contribution in [3.63, 3.8) is 0 Å². The summed E-state index contributed by atoms with van der Waals surface area (Å²) in [5.41, 5.74) is 5.68. The van der Waals surface area contributed by atoms with Crippen molar-refractivity contribution in [2.45, 2.75) is 59.4 Å². The van der Waals surface area contributed by atoms with E-state index in [0.717, 1.165) is 17.5 Å². The van der Waals surface area contributed by atoms with E-state index in [4.69, 9.17) is 11.6 Å². The molecule has 0 bridgehead atoms. The standard InChI is InChI=1S/C17H26ClN/c1-5-8-19-16-9-11(2)6-7-14-12(3)10-15(18)13(4)17(14)16/h10-11,16,19H,5-9H2,1-4H3. The maximum absolute atomic E-state index is 6.41. The molecule has 2 unspecified atom stereocenters. The Morgan fingerprint density at radius 2 is 2.11 bits per heavy atom. The number of aryl methyl sites for hydroxylation is 1. The van der Waals surface area contributed by atoms with Crippen LogP contribution in [0.5, 0.6) is 0 Å². The van der Waals surface area contributed by atoms with Gasteiger partial charge >= 0.3 is 0 Å². The average molecular weight is 280 g/mol. The number of halogens is 1. The first-order valence-electron chi connectivity index (χ1n) is 7.56. The summed E-state index contributed by atoms with van der Waals surface area (Å²) in [6.07, 6.45) is 4.90. The van der Waals surface area contributed by atoms with Gasteiger partial charge in [-0.2, -0.15) is 0 Å². The van der Waals surface area contributed by atoms with Crippen LogP contribution in [0.15, 0.2) is 6.07 Å². The molecule has 0 saturated carbocycles. The van der Waals surface area contributed by atoms with Gasteiger partial charge in [0.05, 0.1) is 0 Å². The van der Waals surface area contributed by atoms with Crippen molar-refractivity contribution < 1.29 is 0 Å². The van der Waals surface area contributed by atoms with Gasteiger partial charge < -0.3 is 5.32 Å². The van der Waals surface area contributed by atoms with Gasteiger partial charge in [-0.15, -0.1) is 0 Å². The van der Waals surface area contributed by atoms with Crippen molar-refractivity contribution in [3.05, 3.63) is 33.3 Å². The van der Waals surface area contributed by atoms with Gasteiger partial charge in [-0.25, -0.2) is 0 Å². The maximum atomic E-state index is 6.41. The molecule has 1 nitrogen and oxygen atoms in total. The maximum Gasteiger partial charge on any atom is 0.0441 e. The number of nitrogens with one attached hydrogen (secondary N) is 1. The Morgan fingerprint density at radius 1 is 1.37 bits per heavy atom. The summed E-state index contributed by atoms with van der Waals surface area (Å²) >= 11 is 6.41. The van der Waals surface area contributed by atoms with Gasteiger partial charge in [0.2, 0.25) is 0 Å². The SMILES string of the molecule is CCCNC1CC(C)CCc2c(C)cc(Cl)c(C)c21. The summed E-state index contributed by atoms with van der Waals surface area (Å²) in [6, 6.07) is 2.62. The molecule has 2 rings (SSSR count). The molecule has 2 atom stereocenters. The lowest BCUT2D eigenvalue weighted by molar-refractivity contribution is 0.408. The molecule has 2 heteroatoms. The Balaban J connectivity index is 2.47. The molecular formula is C17H26ClN. The van der Waals surface area contributed by atoms with Crippen LogP contribution in [0.3, 0.4) is 0 Å². The van der Waals surface area contributed by atoms with Crippen molar-refractivity contribution in [1.29, 1.82) is 0 Å². The van der Waals surface area contributed by atoms with E-state index >= 15 is 0 Å². The van der Waals surface area contributed by atoms with Crippen LogP contribution >= 0.6 is 11.6 Å². The number of hydrogen-bond donors (Lipinski definition) is 1. The Kier molecular flexibility index (Phi) is 4.92. The quantitative estimate of drug-likeness (QED) is 0.770. The van der Waals surface area contributed by atoms with Crippen LogP contribution in [0.1, 0.15) is 61.4 Å². The van der Waals surface area contributed by atoms with Crippen molar-refractivity contribution in [2.75, 3.05) is 6.54 Å². The minimum atomic E-state index is 0.477. The fourth-order valence-electron chi connectivity index (χ4n) is 3.29. The third-order valence-corrected chi connectivity index (χ3v) is 4.81. The van der Waals surface area contributed by atoms with Gasteiger partial charge in [0.1, 0.15) is 0 Å². The normalized spacial score (nSPS) is 23.0. The molecule has 0 heterocycles. The summed E-state index contributed by atoms with van der Waals surface area (Å²) in [4.78, 5) is 0. The molecule has 0 radical (unpaired) electrons. The molecule has 0 aliphatic heterocycles. The van der Waals surface area contributed by atoms with E-state index in [1.54, 1.807) is 5.56 Å². The minimum absolute atomic E-state index is 0.477. The van der Waals surface area contributed by atoms with Crippen molar-refractivity contribution in [3.8, 4) is 0 Å². The third-order valence-electron chi connectivity index (χ3n) is 4.42. The van der Waals surface area contributed by atoms with Gasteiger partial charge in [0.25, 0.3) is 0 Å². The van der Waals surface area contributed by atoms with Gasteiger partial charge in [-0.05, 0) is 80.3 Å². The lowest BCUT2D eigenvalue weighted by Gasteiger charge is -2.24. The van der Waals surface area contributed by atoms with E-state index in [1.165, 1.54) is 42.4 Å². The summed E-state index contributed by atoms with van der Waals surface area (Å²) < 4.78 is 0. The monoisotopic (exact) mass is 279 g/mol. The topological polar surface area (TPSA) is 12.0 Å². The average Bonchev–Trinajstić information content (AvgIpc) is 2.53. The Bertz CT molecular complexity index is 453. The molecule has 0 spiro atoms. The lowest BCUT2D eigenvalue weighted by atomic mass is 9.90. The smallest absolute Gasteiger partial charge is 0.0441 e. The summed E-state index contributed by atoms with van der Waals surface area (Å²) in [5, 5.41) is 4.66. The van der Waals surface area contributed by atoms with Crippen LogP contribution < -0.4 is 5.32 Å². The van der Waals surface area contributed by atoms with Crippen LogP contribution in [0.4, 0.5) is 0 Å². The first kappa shape index (κ1) is 14.9. The van der Waals surface area contributed by atoms with E-state index < -0.39 is 0 Å². The van der Waals surface area contributed by atoms with E-state index in [-0.39, 0.29) is 0 Å². The van der Waals surface area contributed by atoms with E-state index in [1.807, 2.05) is 0 Å². The van der Waals surface area contributed by atoms with Crippen LogP contribution in [0.2, 0.25) is 5.02 Å². The largest absolute Gasteiger partial charge is 0.310 e. The first-order valence-corrected chi connectivity index (χ1v) is 7.94. The van der Waals surface area contributed by atoms with Crippen LogP contribution in [0, 0.1) is 19.8 Å². The molecular weight excluding hydrogens is 254 g/mol. The molecule has 1 aliphatic carbocycles. The number of rotatable bonds is 3. The second kappa shape index (κ2) is 6.28. The van der Waals surface area contributed by atoms with Crippen molar-refractivity contribution in [1.82, 2.24) is 5.32 Å². The highest BCUT2D eigenvalue weighted by Gasteiger charge is 2.25. The molecule has 0 fully saturated rings. The van der Waals surface area contributed by atoms with Crippen LogP contribution in [0.25, 0.3) is 0 Å². The van der Waals surface area contributed by atoms with Crippen LogP contribution in [-0.4, -0.2) is 6.54 Å². The zero-order chi connectivity index (χ0) is 14.0. The van der Waals surface area contributed by atoms with Gasteiger partial charge in [0.15, 0.2) is 0 Å². The highest BCUT2D eigenvalue weighted by atomic mass is 35.5. The molecule has 1 aromatic rings. The zero-order valence-corrected chi connectivity index (χ0v) is 13.4. The Morgan fingerprint density at radius 3 is 2.79 bits per heavy atom. The van der Waals surface area contributed by atoms with Crippen LogP contribution in [-0.2, 0) is 6.42 Å². The molecule has 1 aliphatic rings. The predicted octanol–water partition coefficient (Wildman–Crippen LogP) is 4.97. The second-order valence-corrected chi connectivity index (χ2v) is 6.49. The molecule has 19 heavy (non-hydrogen) atoms. The van der Waals surface area contributed by atoms with E-state index in [9.17, 15) is 0 Å². The van der Waals surface area contributed by atoms with Crippen molar-refractivity contribution in [2.24, 2.45) is 5.92 Å². The fourth-order valence-corrected chi connectivity index (χ4v) is 3.55. The van der Waals surface area contributed by atoms with Gasteiger partial charge in [-0.3, -0.25) is 0 Å². The van der Waals surface area contributed by atoms with Gasteiger partial charge in [0, 0.05) is 11.1 Å². The molecule has 1 N–H and O–H groups in total. The molecule has 0 aromatic heterocycles. The zero-order valence-electron chi connectivity index (χ0n) is 12.6. The Hall–Kier alpha value is -0.530. The molecule has 0 amide bonds. The van der Waals surface area contributed by atoms with E-state index in [2.05, 4.69) is 39.1 Å². The minimum Gasteiger partial charge on any atom is -0.310 e. The Labute approximate surface area is 122 Å².